The van der Waals surface area contributed by atoms with Crippen LogP contribution in [0.2, 0.25) is 10.0 Å². The first kappa shape index (κ1) is 16.3. The number of carbonyl (C=O) groups is 1. The number of hydrogen-bond acceptors (Lipinski definition) is 4. The van der Waals surface area contributed by atoms with Crippen molar-refractivity contribution in [3.05, 3.63) is 44.1 Å². The van der Waals surface area contributed by atoms with E-state index in [1.165, 1.54) is 11.3 Å². The van der Waals surface area contributed by atoms with E-state index in [-0.39, 0.29) is 26.5 Å². The van der Waals surface area contributed by atoms with Crippen molar-refractivity contribution in [2.75, 3.05) is 5.32 Å². The number of halogens is 2. The second-order valence-electron chi connectivity index (χ2n) is 4.17. The summed E-state index contributed by atoms with van der Waals surface area (Å²) in [6.45, 7) is 1.88. The Bertz CT molecular complexity index is 793. The third-order valence-electron chi connectivity index (χ3n) is 2.55. The van der Waals surface area contributed by atoms with Gasteiger partial charge in [0.05, 0.1) is 25.5 Å². The van der Waals surface area contributed by atoms with Crippen molar-refractivity contribution in [3.63, 3.8) is 0 Å². The quantitative estimate of drug-likeness (QED) is 0.875. The molecule has 0 atom stereocenters. The Balaban J connectivity index is 2.35. The molecule has 0 fully saturated rings. The molecule has 5 nitrogen and oxygen atoms in total. The van der Waals surface area contributed by atoms with E-state index in [0.717, 1.165) is 17.0 Å². The van der Waals surface area contributed by atoms with Crippen LogP contribution in [0.25, 0.3) is 0 Å². The van der Waals surface area contributed by atoms with E-state index in [1.54, 1.807) is 6.07 Å². The summed E-state index contributed by atoms with van der Waals surface area (Å²) in [6, 6.07) is 5.76. The third-order valence-corrected chi connectivity index (χ3v) is 5.04. The molecule has 0 saturated carbocycles. The van der Waals surface area contributed by atoms with Gasteiger partial charge in [-0.3, -0.25) is 4.79 Å². The van der Waals surface area contributed by atoms with Crippen LogP contribution in [0, 0.1) is 6.92 Å². The maximum Gasteiger partial charge on any atom is 0.265 e. The fraction of sp³-hybridized carbons (Fsp3) is 0.0833. The number of hydrogen-bond donors (Lipinski definition) is 2. The number of thiophene rings is 1. The van der Waals surface area contributed by atoms with Crippen molar-refractivity contribution < 1.29 is 13.2 Å². The van der Waals surface area contributed by atoms with E-state index < -0.39 is 10.0 Å². The Morgan fingerprint density at radius 3 is 2.24 bits per heavy atom. The summed E-state index contributed by atoms with van der Waals surface area (Å²) in [7, 11) is -3.92. The Kier molecular flexibility index (Phi) is 4.60. The number of aryl methyl sites for hydroxylation is 1. The predicted molar refractivity (Wildman–Crippen MR) is 84.8 cm³/mol. The van der Waals surface area contributed by atoms with Crippen LogP contribution in [-0.2, 0) is 10.0 Å². The van der Waals surface area contributed by atoms with Crippen molar-refractivity contribution in [2.24, 2.45) is 5.14 Å². The average molecular weight is 365 g/mol. The van der Waals surface area contributed by atoms with E-state index in [4.69, 9.17) is 28.3 Å². The van der Waals surface area contributed by atoms with Crippen LogP contribution in [0.4, 0.5) is 5.69 Å². The summed E-state index contributed by atoms with van der Waals surface area (Å²) in [5.74, 6) is -0.375. The van der Waals surface area contributed by atoms with Crippen LogP contribution >= 0.6 is 34.5 Å². The molecule has 1 aromatic heterocycles. The SMILES string of the molecule is Cc1ccc(C(=O)Nc2c(Cl)cc(S(N)(=O)=O)cc2Cl)s1. The molecular weight excluding hydrogens is 355 g/mol. The Hall–Kier alpha value is -1.12. The van der Waals surface area contributed by atoms with Gasteiger partial charge in [-0.1, -0.05) is 23.2 Å². The Morgan fingerprint density at radius 1 is 1.24 bits per heavy atom. The number of primary sulfonamides is 1. The van der Waals surface area contributed by atoms with E-state index in [2.05, 4.69) is 5.32 Å². The molecule has 0 aliphatic carbocycles. The summed E-state index contributed by atoms with van der Waals surface area (Å²) in [4.78, 5) is 13.3. The van der Waals surface area contributed by atoms with Gasteiger partial charge in [-0.2, -0.15) is 0 Å². The van der Waals surface area contributed by atoms with Crippen LogP contribution in [0.15, 0.2) is 29.2 Å². The molecule has 2 rings (SSSR count). The highest BCUT2D eigenvalue weighted by Gasteiger charge is 2.17. The van der Waals surface area contributed by atoms with Crippen LogP contribution < -0.4 is 10.5 Å². The number of benzene rings is 1. The number of anilines is 1. The van der Waals surface area contributed by atoms with Crippen molar-refractivity contribution in [1.82, 2.24) is 0 Å². The first-order valence-corrected chi connectivity index (χ1v) is 8.70. The molecule has 9 heteroatoms. The van der Waals surface area contributed by atoms with E-state index >= 15 is 0 Å². The van der Waals surface area contributed by atoms with Crippen molar-refractivity contribution in [3.8, 4) is 0 Å². The third kappa shape index (κ3) is 3.75. The molecule has 0 spiro atoms. The van der Waals surface area contributed by atoms with Crippen LogP contribution in [0.1, 0.15) is 14.5 Å². The molecule has 112 valence electrons. The topological polar surface area (TPSA) is 89.3 Å². The van der Waals surface area contributed by atoms with Gasteiger partial charge in [-0.25, -0.2) is 13.6 Å². The van der Waals surface area contributed by atoms with Gasteiger partial charge in [0.25, 0.3) is 5.91 Å². The molecule has 1 aromatic carbocycles. The van der Waals surface area contributed by atoms with Gasteiger partial charge in [-0.15, -0.1) is 11.3 Å². The monoisotopic (exact) mass is 364 g/mol. The van der Waals surface area contributed by atoms with Crippen LogP contribution in [0.3, 0.4) is 0 Å². The fourth-order valence-electron chi connectivity index (χ4n) is 1.57. The lowest BCUT2D eigenvalue weighted by atomic mass is 10.3. The van der Waals surface area contributed by atoms with E-state index in [1.807, 2.05) is 13.0 Å². The van der Waals surface area contributed by atoms with Crippen molar-refractivity contribution in [1.29, 1.82) is 0 Å². The second kappa shape index (κ2) is 5.94. The zero-order chi connectivity index (χ0) is 15.8. The van der Waals surface area contributed by atoms with Crippen molar-refractivity contribution >= 4 is 56.2 Å². The zero-order valence-corrected chi connectivity index (χ0v) is 13.8. The smallest absolute Gasteiger partial charge is 0.265 e. The first-order chi connectivity index (χ1) is 9.68. The first-order valence-electron chi connectivity index (χ1n) is 5.58. The summed E-state index contributed by atoms with van der Waals surface area (Å²) >= 11 is 13.2. The molecule has 3 N–H and O–H groups in total. The summed E-state index contributed by atoms with van der Waals surface area (Å²) in [6.07, 6.45) is 0. The lowest BCUT2D eigenvalue weighted by Gasteiger charge is -2.10. The molecule has 0 unspecified atom stereocenters. The summed E-state index contributed by atoms with van der Waals surface area (Å²) < 4.78 is 22.5. The number of nitrogens with one attached hydrogen (secondary N) is 1. The molecule has 0 saturated heterocycles. The molecular formula is C12H10Cl2N2O3S2. The highest BCUT2D eigenvalue weighted by atomic mass is 35.5. The normalized spacial score (nSPS) is 11.4. The maximum absolute atomic E-state index is 12.1. The standard InChI is InChI=1S/C12H10Cl2N2O3S2/c1-6-2-3-10(20-6)12(17)16-11-8(13)4-7(5-9(11)14)21(15,18)19/h2-5H,1H3,(H,16,17)(H2,15,18,19). The van der Waals surface area contributed by atoms with Gasteiger partial charge in [0.1, 0.15) is 0 Å². The summed E-state index contributed by atoms with van der Waals surface area (Å²) in [5, 5.41) is 7.55. The molecule has 0 aliphatic rings. The lowest BCUT2D eigenvalue weighted by molar-refractivity contribution is 0.103. The number of sulfonamides is 1. The molecule has 1 amide bonds. The zero-order valence-electron chi connectivity index (χ0n) is 10.7. The molecule has 2 aromatic rings. The fourth-order valence-corrected chi connectivity index (χ4v) is 3.60. The maximum atomic E-state index is 12.1. The van der Waals surface area contributed by atoms with Gasteiger partial charge in [0.15, 0.2) is 0 Å². The van der Waals surface area contributed by atoms with Gasteiger partial charge in [0, 0.05) is 4.88 Å². The minimum absolute atomic E-state index is 0.00634. The minimum atomic E-state index is -3.92. The van der Waals surface area contributed by atoms with Gasteiger partial charge < -0.3 is 5.32 Å². The molecule has 0 radical (unpaired) electrons. The molecule has 21 heavy (non-hydrogen) atoms. The lowest BCUT2D eigenvalue weighted by Crippen LogP contribution is -2.14. The number of rotatable bonds is 3. The predicted octanol–water partition coefficient (Wildman–Crippen LogP) is 3.26. The highest BCUT2D eigenvalue weighted by molar-refractivity contribution is 7.89. The molecule has 1 heterocycles. The minimum Gasteiger partial charge on any atom is -0.319 e. The van der Waals surface area contributed by atoms with Gasteiger partial charge >= 0.3 is 0 Å². The van der Waals surface area contributed by atoms with E-state index in [0.29, 0.717) is 4.88 Å². The Labute approximate surface area is 135 Å². The van der Waals surface area contributed by atoms with Crippen molar-refractivity contribution in [2.45, 2.75) is 11.8 Å². The van der Waals surface area contributed by atoms with E-state index in [9.17, 15) is 13.2 Å². The van der Waals surface area contributed by atoms with Gasteiger partial charge in [0.2, 0.25) is 10.0 Å². The number of carbonyl (C=O) groups excluding carboxylic acids is 1. The average Bonchev–Trinajstić information content (AvgIpc) is 2.79. The molecule has 0 aliphatic heterocycles. The van der Waals surface area contributed by atoms with Gasteiger partial charge in [-0.05, 0) is 31.2 Å². The molecule has 0 bridgehead atoms. The number of nitrogens with two attached hydrogens (primary N) is 1. The van der Waals surface area contributed by atoms with Crippen LogP contribution in [-0.4, -0.2) is 14.3 Å². The number of amides is 1. The van der Waals surface area contributed by atoms with Crippen LogP contribution in [0.5, 0.6) is 0 Å². The Morgan fingerprint density at radius 2 is 1.81 bits per heavy atom. The second-order valence-corrected chi connectivity index (χ2v) is 7.84. The highest BCUT2D eigenvalue weighted by Crippen LogP contribution is 2.33. The largest absolute Gasteiger partial charge is 0.319 e. The summed E-state index contributed by atoms with van der Waals surface area (Å²) in [5.41, 5.74) is 0.141.